The first-order valence-electron chi connectivity index (χ1n) is 6.46. The highest BCUT2D eigenvalue weighted by atomic mass is 79.9. The first-order valence-corrected chi connectivity index (χ1v) is 8.05. The second kappa shape index (κ2) is 7.61. The molecule has 0 aliphatic heterocycles. The first-order chi connectivity index (χ1) is 10.1. The Morgan fingerprint density at radius 2 is 2.00 bits per heavy atom. The first kappa shape index (κ1) is 16.0. The average molecular weight is 413 g/mol. The lowest BCUT2D eigenvalue weighted by Gasteiger charge is -2.08. The minimum Gasteiger partial charge on any atom is -0.497 e. The molecule has 0 bridgehead atoms. The van der Waals surface area contributed by atoms with E-state index in [0.29, 0.717) is 12.1 Å². The van der Waals surface area contributed by atoms with Crippen molar-refractivity contribution in [3.05, 3.63) is 62.5 Å². The van der Waals surface area contributed by atoms with E-state index in [9.17, 15) is 4.79 Å². The van der Waals surface area contributed by atoms with Crippen molar-refractivity contribution in [2.75, 3.05) is 13.7 Å². The number of carbonyl (C=O) groups is 1. The van der Waals surface area contributed by atoms with Crippen LogP contribution in [0.4, 0.5) is 0 Å². The molecule has 1 amide bonds. The van der Waals surface area contributed by atoms with E-state index in [-0.39, 0.29) is 5.91 Å². The van der Waals surface area contributed by atoms with Crippen LogP contribution in [0.25, 0.3) is 0 Å². The van der Waals surface area contributed by atoms with Crippen molar-refractivity contribution >= 4 is 37.8 Å². The molecular weight excluding hydrogens is 398 g/mol. The third-order valence-corrected chi connectivity index (χ3v) is 4.19. The molecule has 2 aromatic rings. The van der Waals surface area contributed by atoms with Gasteiger partial charge in [0.1, 0.15) is 5.75 Å². The van der Waals surface area contributed by atoms with Crippen LogP contribution in [0.3, 0.4) is 0 Å². The summed E-state index contributed by atoms with van der Waals surface area (Å²) in [5.41, 5.74) is 1.75. The predicted molar refractivity (Wildman–Crippen MR) is 90.9 cm³/mol. The Morgan fingerprint density at radius 1 is 1.19 bits per heavy atom. The molecule has 0 saturated carbocycles. The number of nitrogens with one attached hydrogen (secondary N) is 1. The zero-order chi connectivity index (χ0) is 15.2. The normalized spacial score (nSPS) is 10.2. The fraction of sp³-hybridized carbons (Fsp3) is 0.188. The van der Waals surface area contributed by atoms with E-state index >= 15 is 0 Å². The van der Waals surface area contributed by atoms with E-state index in [1.165, 1.54) is 0 Å². The second-order valence-corrected chi connectivity index (χ2v) is 6.25. The van der Waals surface area contributed by atoms with Gasteiger partial charge in [-0.2, -0.15) is 0 Å². The van der Waals surface area contributed by atoms with Gasteiger partial charge in [0, 0.05) is 15.5 Å². The molecule has 0 radical (unpaired) electrons. The number of methoxy groups -OCH3 is 1. The molecule has 5 heteroatoms. The van der Waals surface area contributed by atoms with Gasteiger partial charge in [0.05, 0.1) is 12.7 Å². The van der Waals surface area contributed by atoms with Gasteiger partial charge in [-0.1, -0.05) is 28.1 Å². The topological polar surface area (TPSA) is 38.3 Å². The molecule has 110 valence electrons. The van der Waals surface area contributed by atoms with E-state index in [1.54, 1.807) is 13.2 Å². The van der Waals surface area contributed by atoms with Gasteiger partial charge in [-0.05, 0) is 58.2 Å². The van der Waals surface area contributed by atoms with Crippen LogP contribution < -0.4 is 10.1 Å². The van der Waals surface area contributed by atoms with Gasteiger partial charge < -0.3 is 10.1 Å². The molecule has 0 saturated heterocycles. The molecule has 2 aromatic carbocycles. The highest BCUT2D eigenvalue weighted by molar-refractivity contribution is 9.11. The third-order valence-electron chi connectivity index (χ3n) is 3.01. The predicted octanol–water partition coefficient (Wildman–Crippen LogP) is 4.19. The molecular formula is C16H15Br2NO2. The highest BCUT2D eigenvalue weighted by Gasteiger charge is 2.10. The van der Waals surface area contributed by atoms with Crippen molar-refractivity contribution in [3.8, 4) is 5.75 Å². The Morgan fingerprint density at radius 3 is 2.76 bits per heavy atom. The van der Waals surface area contributed by atoms with E-state index in [1.807, 2.05) is 36.4 Å². The number of carbonyl (C=O) groups excluding carboxylic acids is 1. The summed E-state index contributed by atoms with van der Waals surface area (Å²) in [7, 11) is 1.64. The summed E-state index contributed by atoms with van der Waals surface area (Å²) in [5.74, 6) is 0.736. The zero-order valence-corrected chi connectivity index (χ0v) is 14.7. The van der Waals surface area contributed by atoms with Crippen LogP contribution in [0.15, 0.2) is 51.4 Å². The molecule has 21 heavy (non-hydrogen) atoms. The van der Waals surface area contributed by atoms with E-state index in [2.05, 4.69) is 37.2 Å². The third kappa shape index (κ3) is 4.58. The summed E-state index contributed by atoms with van der Waals surface area (Å²) in [6.45, 7) is 0.574. The largest absolute Gasteiger partial charge is 0.497 e. The molecule has 0 atom stereocenters. The molecule has 0 unspecified atom stereocenters. The Balaban J connectivity index is 1.93. The molecule has 0 spiro atoms. The lowest BCUT2D eigenvalue weighted by atomic mass is 10.1. The van der Waals surface area contributed by atoms with Crippen LogP contribution in [0.5, 0.6) is 5.75 Å². The maximum absolute atomic E-state index is 12.1. The minimum absolute atomic E-state index is 0.0916. The van der Waals surface area contributed by atoms with Crippen molar-refractivity contribution in [2.24, 2.45) is 0 Å². The van der Waals surface area contributed by atoms with Gasteiger partial charge in [-0.25, -0.2) is 0 Å². The van der Waals surface area contributed by atoms with Gasteiger partial charge in [0.15, 0.2) is 0 Å². The van der Waals surface area contributed by atoms with Crippen molar-refractivity contribution in [1.29, 1.82) is 0 Å². The SMILES string of the molecule is COc1cccc(CCNC(=O)c2cc(Br)ccc2Br)c1. The van der Waals surface area contributed by atoms with Crippen molar-refractivity contribution in [2.45, 2.75) is 6.42 Å². The van der Waals surface area contributed by atoms with Crippen molar-refractivity contribution in [3.63, 3.8) is 0 Å². The van der Waals surface area contributed by atoms with Crippen LogP contribution in [-0.2, 0) is 6.42 Å². The number of hydrogen-bond acceptors (Lipinski definition) is 2. The fourth-order valence-corrected chi connectivity index (χ4v) is 2.70. The summed E-state index contributed by atoms with van der Waals surface area (Å²) in [5, 5.41) is 2.92. The van der Waals surface area contributed by atoms with Crippen LogP contribution in [0, 0.1) is 0 Å². The van der Waals surface area contributed by atoms with Gasteiger partial charge >= 0.3 is 0 Å². The summed E-state index contributed by atoms with van der Waals surface area (Å²) in [6, 6.07) is 13.4. The van der Waals surface area contributed by atoms with Gasteiger partial charge in [-0.3, -0.25) is 4.79 Å². The van der Waals surface area contributed by atoms with E-state index in [4.69, 9.17) is 4.74 Å². The molecule has 0 aliphatic rings. The molecule has 2 rings (SSSR count). The molecule has 0 heterocycles. The number of amides is 1. The summed E-state index contributed by atoms with van der Waals surface area (Å²) < 4.78 is 6.84. The van der Waals surface area contributed by atoms with Crippen LogP contribution in [-0.4, -0.2) is 19.6 Å². The lowest BCUT2D eigenvalue weighted by Crippen LogP contribution is -2.26. The van der Waals surface area contributed by atoms with Crippen molar-refractivity contribution in [1.82, 2.24) is 5.32 Å². The van der Waals surface area contributed by atoms with Gasteiger partial charge in [-0.15, -0.1) is 0 Å². The molecule has 0 fully saturated rings. The fourth-order valence-electron chi connectivity index (χ4n) is 1.92. The number of benzene rings is 2. The Kier molecular flexibility index (Phi) is 5.82. The molecule has 0 aromatic heterocycles. The number of ether oxygens (including phenoxy) is 1. The van der Waals surface area contributed by atoms with Crippen LogP contribution >= 0.6 is 31.9 Å². The number of hydrogen-bond donors (Lipinski definition) is 1. The monoisotopic (exact) mass is 411 g/mol. The zero-order valence-electron chi connectivity index (χ0n) is 11.5. The molecule has 0 aliphatic carbocycles. The number of rotatable bonds is 5. The standard InChI is InChI=1S/C16H15Br2NO2/c1-21-13-4-2-3-11(9-13)7-8-19-16(20)14-10-12(17)5-6-15(14)18/h2-6,9-10H,7-8H2,1H3,(H,19,20). The lowest BCUT2D eigenvalue weighted by molar-refractivity contribution is 0.0953. The van der Waals surface area contributed by atoms with Crippen LogP contribution in [0.1, 0.15) is 15.9 Å². The quantitative estimate of drug-likeness (QED) is 0.799. The smallest absolute Gasteiger partial charge is 0.252 e. The highest BCUT2D eigenvalue weighted by Crippen LogP contribution is 2.21. The van der Waals surface area contributed by atoms with Gasteiger partial charge in [0.25, 0.3) is 5.91 Å². The summed E-state index contributed by atoms with van der Waals surface area (Å²) >= 11 is 6.76. The second-order valence-electron chi connectivity index (χ2n) is 4.48. The maximum Gasteiger partial charge on any atom is 0.252 e. The minimum atomic E-state index is -0.0916. The molecule has 1 N–H and O–H groups in total. The summed E-state index contributed by atoms with van der Waals surface area (Å²) in [6.07, 6.45) is 0.758. The Labute approximate surface area is 141 Å². The average Bonchev–Trinajstić information content (AvgIpc) is 2.49. The van der Waals surface area contributed by atoms with E-state index < -0.39 is 0 Å². The van der Waals surface area contributed by atoms with Gasteiger partial charge in [0.2, 0.25) is 0 Å². The number of halogens is 2. The summed E-state index contributed by atoms with van der Waals surface area (Å²) in [4.78, 5) is 12.1. The Hall–Kier alpha value is -1.33. The van der Waals surface area contributed by atoms with E-state index in [0.717, 1.165) is 26.7 Å². The Bertz CT molecular complexity index is 644. The van der Waals surface area contributed by atoms with Crippen LogP contribution in [0.2, 0.25) is 0 Å². The maximum atomic E-state index is 12.1. The molecule has 3 nitrogen and oxygen atoms in total. The van der Waals surface area contributed by atoms with Crippen molar-refractivity contribution < 1.29 is 9.53 Å².